The number of nitrogens with zero attached hydrogens (tertiary/aromatic N) is 1. The maximum atomic E-state index is 11.6. The average molecular weight is 236 g/mol. The third-order valence-corrected chi connectivity index (χ3v) is 3.41. The molecule has 1 aromatic heterocycles. The fraction of sp³-hybridized carbons (Fsp3) is 0.692. The predicted octanol–water partition coefficient (Wildman–Crippen LogP) is 2.68. The van der Waals surface area contributed by atoms with E-state index >= 15 is 0 Å². The van der Waals surface area contributed by atoms with Crippen molar-refractivity contribution in [2.45, 2.75) is 45.4 Å². The molecule has 0 bridgehead atoms. The van der Waals surface area contributed by atoms with Gasteiger partial charge in [-0.15, -0.1) is 0 Å². The quantitative estimate of drug-likeness (QED) is 0.800. The molecule has 4 nitrogen and oxygen atoms in total. The molecule has 2 rings (SSSR count). The van der Waals surface area contributed by atoms with Crippen LogP contribution in [0.5, 0.6) is 0 Å². The molecular formula is C13H20N2O2. The maximum absolute atomic E-state index is 11.6. The molecule has 1 aliphatic rings. The van der Waals surface area contributed by atoms with Crippen LogP contribution >= 0.6 is 0 Å². The lowest BCUT2D eigenvalue weighted by atomic mass is 10.0. The molecule has 94 valence electrons. The SMILES string of the molecule is Cc1cc(C(=O)NCCCC2CCCC2)no1. The molecule has 0 aliphatic heterocycles. The Kier molecular flexibility index (Phi) is 4.18. The van der Waals surface area contributed by atoms with Crippen LogP contribution in [0, 0.1) is 12.8 Å². The zero-order chi connectivity index (χ0) is 12.1. The van der Waals surface area contributed by atoms with Crippen molar-refractivity contribution in [3.63, 3.8) is 0 Å². The van der Waals surface area contributed by atoms with E-state index in [9.17, 15) is 4.79 Å². The molecule has 0 spiro atoms. The van der Waals surface area contributed by atoms with Gasteiger partial charge in [0.05, 0.1) is 0 Å². The van der Waals surface area contributed by atoms with Gasteiger partial charge in [-0.2, -0.15) is 0 Å². The lowest BCUT2D eigenvalue weighted by Crippen LogP contribution is -2.25. The van der Waals surface area contributed by atoms with E-state index in [1.807, 2.05) is 0 Å². The van der Waals surface area contributed by atoms with E-state index < -0.39 is 0 Å². The van der Waals surface area contributed by atoms with Crippen molar-refractivity contribution in [2.24, 2.45) is 5.92 Å². The molecule has 0 saturated heterocycles. The van der Waals surface area contributed by atoms with Gasteiger partial charge in [0, 0.05) is 12.6 Å². The van der Waals surface area contributed by atoms with Crippen LogP contribution < -0.4 is 5.32 Å². The van der Waals surface area contributed by atoms with Crippen LogP contribution in [0.4, 0.5) is 0 Å². The summed E-state index contributed by atoms with van der Waals surface area (Å²) in [5.74, 6) is 1.43. The highest BCUT2D eigenvalue weighted by Crippen LogP contribution is 2.28. The summed E-state index contributed by atoms with van der Waals surface area (Å²) in [4.78, 5) is 11.6. The molecular weight excluding hydrogens is 216 g/mol. The third-order valence-electron chi connectivity index (χ3n) is 3.41. The molecule has 0 aromatic carbocycles. The second-order valence-corrected chi connectivity index (χ2v) is 4.87. The normalized spacial score (nSPS) is 16.3. The molecule has 1 N–H and O–H groups in total. The minimum absolute atomic E-state index is 0.131. The zero-order valence-corrected chi connectivity index (χ0v) is 10.4. The van der Waals surface area contributed by atoms with Gasteiger partial charge in [-0.3, -0.25) is 4.79 Å². The van der Waals surface area contributed by atoms with E-state index in [1.54, 1.807) is 13.0 Å². The summed E-state index contributed by atoms with van der Waals surface area (Å²) >= 11 is 0. The Hall–Kier alpha value is -1.32. The molecule has 1 aromatic rings. The summed E-state index contributed by atoms with van der Waals surface area (Å²) in [7, 11) is 0. The van der Waals surface area contributed by atoms with Crippen LogP contribution in [0.25, 0.3) is 0 Å². The first-order valence-corrected chi connectivity index (χ1v) is 6.47. The predicted molar refractivity (Wildman–Crippen MR) is 64.8 cm³/mol. The Bertz CT molecular complexity index is 367. The summed E-state index contributed by atoms with van der Waals surface area (Å²) in [6.07, 6.45) is 7.81. The van der Waals surface area contributed by atoms with Gasteiger partial charge in [0.25, 0.3) is 5.91 Å². The van der Waals surface area contributed by atoms with Gasteiger partial charge in [0.15, 0.2) is 5.69 Å². The average Bonchev–Trinajstić information content (AvgIpc) is 2.95. The molecule has 0 radical (unpaired) electrons. The number of nitrogens with one attached hydrogen (secondary N) is 1. The Morgan fingerprint density at radius 1 is 1.53 bits per heavy atom. The highest BCUT2D eigenvalue weighted by molar-refractivity contribution is 5.92. The van der Waals surface area contributed by atoms with Gasteiger partial charge in [-0.05, 0) is 25.7 Å². The number of amides is 1. The van der Waals surface area contributed by atoms with Crippen LogP contribution in [0.15, 0.2) is 10.6 Å². The largest absolute Gasteiger partial charge is 0.361 e. The molecule has 0 unspecified atom stereocenters. The Morgan fingerprint density at radius 3 is 2.94 bits per heavy atom. The second-order valence-electron chi connectivity index (χ2n) is 4.87. The van der Waals surface area contributed by atoms with E-state index in [2.05, 4.69) is 10.5 Å². The van der Waals surface area contributed by atoms with Crippen molar-refractivity contribution >= 4 is 5.91 Å². The number of aromatic nitrogens is 1. The first kappa shape index (κ1) is 12.1. The van der Waals surface area contributed by atoms with E-state index in [0.29, 0.717) is 11.5 Å². The van der Waals surface area contributed by atoms with Crippen molar-refractivity contribution in [1.29, 1.82) is 0 Å². The first-order chi connectivity index (χ1) is 8.25. The minimum Gasteiger partial charge on any atom is -0.361 e. The topological polar surface area (TPSA) is 55.1 Å². The van der Waals surface area contributed by atoms with Crippen molar-refractivity contribution < 1.29 is 9.32 Å². The first-order valence-electron chi connectivity index (χ1n) is 6.47. The molecule has 0 atom stereocenters. The van der Waals surface area contributed by atoms with E-state index in [-0.39, 0.29) is 5.91 Å². The number of rotatable bonds is 5. The smallest absolute Gasteiger partial charge is 0.273 e. The van der Waals surface area contributed by atoms with Crippen LogP contribution in [-0.4, -0.2) is 17.6 Å². The van der Waals surface area contributed by atoms with Gasteiger partial charge >= 0.3 is 0 Å². The van der Waals surface area contributed by atoms with Gasteiger partial charge in [0.1, 0.15) is 5.76 Å². The van der Waals surface area contributed by atoms with Crippen molar-refractivity contribution in [3.05, 3.63) is 17.5 Å². The molecule has 4 heteroatoms. The third kappa shape index (κ3) is 3.58. The van der Waals surface area contributed by atoms with Crippen LogP contribution in [-0.2, 0) is 0 Å². The second kappa shape index (κ2) is 5.84. The minimum atomic E-state index is -0.131. The molecule has 1 aliphatic carbocycles. The summed E-state index contributed by atoms with van der Waals surface area (Å²) in [5.41, 5.74) is 0.378. The number of hydrogen-bond donors (Lipinski definition) is 1. The zero-order valence-electron chi connectivity index (χ0n) is 10.4. The summed E-state index contributed by atoms with van der Waals surface area (Å²) in [6, 6.07) is 1.66. The van der Waals surface area contributed by atoms with Crippen LogP contribution in [0.2, 0.25) is 0 Å². The van der Waals surface area contributed by atoms with Gasteiger partial charge < -0.3 is 9.84 Å². The number of hydrogen-bond acceptors (Lipinski definition) is 3. The number of carbonyl (C=O) groups excluding carboxylic acids is 1. The fourth-order valence-corrected chi connectivity index (χ4v) is 2.46. The van der Waals surface area contributed by atoms with Gasteiger partial charge in [-0.1, -0.05) is 30.8 Å². The van der Waals surface area contributed by atoms with Crippen LogP contribution in [0.3, 0.4) is 0 Å². The maximum Gasteiger partial charge on any atom is 0.273 e. The Balaban J connectivity index is 1.63. The highest BCUT2D eigenvalue weighted by Gasteiger charge is 2.14. The highest BCUT2D eigenvalue weighted by atomic mass is 16.5. The lowest BCUT2D eigenvalue weighted by molar-refractivity contribution is 0.0943. The number of carbonyl (C=O) groups is 1. The molecule has 1 fully saturated rings. The molecule has 1 heterocycles. The van der Waals surface area contributed by atoms with Crippen molar-refractivity contribution in [3.8, 4) is 0 Å². The van der Waals surface area contributed by atoms with Crippen molar-refractivity contribution in [1.82, 2.24) is 10.5 Å². The molecule has 17 heavy (non-hydrogen) atoms. The Morgan fingerprint density at radius 2 is 2.29 bits per heavy atom. The monoisotopic (exact) mass is 236 g/mol. The number of aryl methyl sites for hydroxylation is 1. The fourth-order valence-electron chi connectivity index (χ4n) is 2.46. The summed E-state index contributed by atoms with van der Waals surface area (Å²) in [6.45, 7) is 2.52. The standard InChI is InChI=1S/C13H20N2O2/c1-10-9-12(15-17-10)13(16)14-8-4-7-11-5-2-3-6-11/h9,11H,2-8H2,1H3,(H,14,16). The lowest BCUT2D eigenvalue weighted by Gasteiger charge is -2.08. The van der Waals surface area contributed by atoms with Crippen LogP contribution in [0.1, 0.15) is 54.8 Å². The summed E-state index contributed by atoms with van der Waals surface area (Å²) < 4.78 is 4.86. The van der Waals surface area contributed by atoms with Gasteiger partial charge in [0.2, 0.25) is 0 Å². The molecule has 1 amide bonds. The van der Waals surface area contributed by atoms with E-state index in [1.165, 1.54) is 32.1 Å². The molecule has 1 saturated carbocycles. The van der Waals surface area contributed by atoms with E-state index in [4.69, 9.17) is 4.52 Å². The Labute approximate surface area is 102 Å². The van der Waals surface area contributed by atoms with Gasteiger partial charge in [-0.25, -0.2) is 0 Å². The summed E-state index contributed by atoms with van der Waals surface area (Å²) in [5, 5.41) is 6.56. The van der Waals surface area contributed by atoms with E-state index in [0.717, 1.165) is 18.9 Å². The van der Waals surface area contributed by atoms with Crippen molar-refractivity contribution in [2.75, 3.05) is 6.54 Å².